The van der Waals surface area contributed by atoms with E-state index in [4.69, 9.17) is 10.5 Å². The smallest absolute Gasteiger partial charge is 0.252 e. The zero-order valence-electron chi connectivity index (χ0n) is 10.5. The second-order valence-electron chi connectivity index (χ2n) is 4.56. The van der Waals surface area contributed by atoms with E-state index >= 15 is 0 Å². The quantitative estimate of drug-likeness (QED) is 0.901. The topological polar surface area (TPSA) is 72.6 Å². The van der Waals surface area contributed by atoms with Crippen molar-refractivity contribution in [2.75, 3.05) is 13.1 Å². The number of nitrogens with two attached hydrogens (primary N) is 1. The molecule has 5 nitrogen and oxygen atoms in total. The summed E-state index contributed by atoms with van der Waals surface area (Å²) >= 11 is 1.23. The predicted octanol–water partition coefficient (Wildman–Crippen LogP) is 1.00. The van der Waals surface area contributed by atoms with E-state index < -0.39 is 10.0 Å². The van der Waals surface area contributed by atoms with Gasteiger partial charge in [-0.2, -0.15) is 4.31 Å². The van der Waals surface area contributed by atoms with Crippen LogP contribution < -0.4 is 5.73 Å². The predicted molar refractivity (Wildman–Crippen MR) is 71.0 cm³/mol. The average Bonchev–Trinajstić information content (AvgIpc) is 2.76. The van der Waals surface area contributed by atoms with Crippen molar-refractivity contribution in [1.29, 1.82) is 0 Å². The first-order valence-corrected chi connectivity index (χ1v) is 8.18. The minimum Gasteiger partial charge on any atom is -0.373 e. The Hall–Kier alpha value is -0.470. The largest absolute Gasteiger partial charge is 0.373 e. The van der Waals surface area contributed by atoms with Gasteiger partial charge in [0.25, 0.3) is 10.0 Å². The molecule has 2 N–H and O–H groups in total. The summed E-state index contributed by atoms with van der Waals surface area (Å²) in [6.07, 6.45) is -0.144. The van der Waals surface area contributed by atoms with Crippen molar-refractivity contribution >= 4 is 21.4 Å². The molecule has 2 atom stereocenters. The van der Waals surface area contributed by atoms with E-state index in [0.717, 1.165) is 5.56 Å². The number of thiophene rings is 1. The van der Waals surface area contributed by atoms with Crippen molar-refractivity contribution in [2.24, 2.45) is 5.73 Å². The summed E-state index contributed by atoms with van der Waals surface area (Å²) in [5, 5.41) is 1.79. The molecule has 1 saturated heterocycles. The third-order valence-electron chi connectivity index (χ3n) is 2.85. The molecule has 0 aliphatic carbocycles. The third-order valence-corrected chi connectivity index (χ3v) is 6.14. The molecule has 1 aromatic heterocycles. The Morgan fingerprint density at radius 2 is 2.06 bits per heavy atom. The van der Waals surface area contributed by atoms with E-state index in [-0.39, 0.29) is 12.2 Å². The Balaban J connectivity index is 2.25. The molecule has 1 aliphatic rings. The van der Waals surface area contributed by atoms with Gasteiger partial charge in [-0.3, -0.25) is 0 Å². The third kappa shape index (κ3) is 2.75. The van der Waals surface area contributed by atoms with Crippen LogP contribution in [0.25, 0.3) is 0 Å². The number of sulfonamides is 1. The van der Waals surface area contributed by atoms with E-state index in [2.05, 4.69) is 0 Å². The maximum absolute atomic E-state index is 12.4. The molecule has 0 unspecified atom stereocenters. The van der Waals surface area contributed by atoms with Crippen LogP contribution in [0.15, 0.2) is 15.7 Å². The molecule has 0 aromatic carbocycles. The van der Waals surface area contributed by atoms with Crippen LogP contribution in [0.2, 0.25) is 0 Å². The highest BCUT2D eigenvalue weighted by atomic mass is 32.2. The van der Waals surface area contributed by atoms with E-state index in [1.165, 1.54) is 15.6 Å². The van der Waals surface area contributed by atoms with Crippen LogP contribution in [0.4, 0.5) is 0 Å². The maximum Gasteiger partial charge on any atom is 0.252 e. The molecular formula is C11H18N2O3S2. The van der Waals surface area contributed by atoms with Crippen molar-refractivity contribution in [3.8, 4) is 0 Å². The van der Waals surface area contributed by atoms with Gasteiger partial charge in [0.05, 0.1) is 12.2 Å². The monoisotopic (exact) mass is 290 g/mol. The van der Waals surface area contributed by atoms with Gasteiger partial charge >= 0.3 is 0 Å². The van der Waals surface area contributed by atoms with Crippen LogP contribution in [-0.4, -0.2) is 38.0 Å². The van der Waals surface area contributed by atoms with E-state index in [1.54, 1.807) is 11.4 Å². The fourth-order valence-corrected chi connectivity index (χ4v) is 5.02. The molecule has 0 saturated carbocycles. The molecule has 2 heterocycles. The number of rotatable bonds is 3. The average molecular weight is 290 g/mol. The first-order valence-electron chi connectivity index (χ1n) is 5.86. The lowest BCUT2D eigenvalue weighted by Crippen LogP contribution is -2.47. The van der Waals surface area contributed by atoms with Crippen LogP contribution in [0, 0.1) is 0 Å². The second-order valence-corrected chi connectivity index (χ2v) is 7.63. The lowest BCUT2D eigenvalue weighted by molar-refractivity contribution is -0.0440. The Labute approximate surface area is 112 Å². The summed E-state index contributed by atoms with van der Waals surface area (Å²) in [4.78, 5) is 0. The summed E-state index contributed by atoms with van der Waals surface area (Å²) in [6, 6.07) is 1.66. The van der Waals surface area contributed by atoms with Crippen LogP contribution in [-0.2, 0) is 21.3 Å². The van der Waals surface area contributed by atoms with Gasteiger partial charge in [0.15, 0.2) is 0 Å². The van der Waals surface area contributed by atoms with Crippen molar-refractivity contribution in [1.82, 2.24) is 4.31 Å². The molecular weight excluding hydrogens is 272 g/mol. The summed E-state index contributed by atoms with van der Waals surface area (Å²) in [7, 11) is -3.40. The van der Waals surface area contributed by atoms with Crippen LogP contribution in [0.3, 0.4) is 0 Å². The highest BCUT2D eigenvalue weighted by molar-refractivity contribution is 7.91. The lowest BCUT2D eigenvalue weighted by Gasteiger charge is -2.34. The van der Waals surface area contributed by atoms with Crippen molar-refractivity contribution < 1.29 is 13.2 Å². The van der Waals surface area contributed by atoms with E-state index in [0.29, 0.717) is 23.8 Å². The van der Waals surface area contributed by atoms with Gasteiger partial charge in [0.2, 0.25) is 0 Å². The van der Waals surface area contributed by atoms with E-state index in [1.807, 2.05) is 13.8 Å². The van der Waals surface area contributed by atoms with Crippen LogP contribution >= 0.6 is 11.3 Å². The fourth-order valence-electron chi connectivity index (χ4n) is 2.05. The minimum atomic E-state index is -3.40. The highest BCUT2D eigenvalue weighted by Crippen LogP contribution is 2.26. The van der Waals surface area contributed by atoms with Gasteiger partial charge in [0.1, 0.15) is 4.21 Å². The molecule has 2 rings (SSSR count). The first-order chi connectivity index (χ1) is 8.43. The molecule has 1 aliphatic heterocycles. The van der Waals surface area contributed by atoms with Gasteiger partial charge in [-0.1, -0.05) is 0 Å². The van der Waals surface area contributed by atoms with Crippen LogP contribution in [0.1, 0.15) is 19.4 Å². The molecule has 0 radical (unpaired) electrons. The number of hydrogen-bond acceptors (Lipinski definition) is 5. The molecule has 102 valence electrons. The zero-order valence-corrected chi connectivity index (χ0v) is 12.1. The molecule has 0 bridgehead atoms. The number of morpholine rings is 1. The van der Waals surface area contributed by atoms with Crippen LogP contribution in [0.5, 0.6) is 0 Å². The van der Waals surface area contributed by atoms with Crippen molar-refractivity contribution in [3.63, 3.8) is 0 Å². The molecule has 1 aromatic rings. The van der Waals surface area contributed by atoms with Gasteiger partial charge in [-0.05, 0) is 30.9 Å². The summed E-state index contributed by atoms with van der Waals surface area (Å²) in [6.45, 7) is 4.95. The Bertz CT molecular complexity index is 502. The summed E-state index contributed by atoms with van der Waals surface area (Å²) in [5.41, 5.74) is 6.36. The normalized spacial score (nSPS) is 26.4. The van der Waals surface area contributed by atoms with E-state index in [9.17, 15) is 8.42 Å². The SMILES string of the molecule is C[C@@H]1CN(S(=O)(=O)c2cc(CN)cs2)C[C@H](C)O1. The highest BCUT2D eigenvalue weighted by Gasteiger charge is 2.32. The Morgan fingerprint density at radius 1 is 1.44 bits per heavy atom. The first kappa shape index (κ1) is 14.0. The summed E-state index contributed by atoms with van der Waals surface area (Å²) in [5.74, 6) is 0. The van der Waals surface area contributed by atoms with Gasteiger partial charge in [-0.15, -0.1) is 11.3 Å². The fraction of sp³-hybridized carbons (Fsp3) is 0.636. The van der Waals surface area contributed by atoms with Gasteiger partial charge in [0, 0.05) is 19.6 Å². The summed E-state index contributed by atoms with van der Waals surface area (Å²) < 4.78 is 32.3. The van der Waals surface area contributed by atoms with Gasteiger partial charge < -0.3 is 10.5 Å². The molecule has 18 heavy (non-hydrogen) atoms. The standard InChI is InChI=1S/C11H18N2O3S2/c1-8-5-13(6-9(2)16-8)18(14,15)11-3-10(4-12)7-17-11/h3,7-9H,4-6,12H2,1-2H3/t8-,9+. The van der Waals surface area contributed by atoms with Crippen molar-refractivity contribution in [2.45, 2.75) is 36.8 Å². The van der Waals surface area contributed by atoms with Crippen molar-refractivity contribution in [3.05, 3.63) is 17.0 Å². The maximum atomic E-state index is 12.4. The van der Waals surface area contributed by atoms with Gasteiger partial charge in [-0.25, -0.2) is 8.42 Å². The Morgan fingerprint density at radius 3 is 2.56 bits per heavy atom. The molecule has 7 heteroatoms. The lowest BCUT2D eigenvalue weighted by atomic mass is 10.3. The second kappa shape index (κ2) is 5.26. The number of hydrogen-bond donors (Lipinski definition) is 1. The minimum absolute atomic E-state index is 0.0718. The Kier molecular flexibility index (Phi) is 4.08. The number of nitrogens with zero attached hydrogens (tertiary/aromatic N) is 1. The zero-order chi connectivity index (χ0) is 13.3. The molecule has 1 fully saturated rings. The molecule has 0 amide bonds. The number of ether oxygens (including phenoxy) is 1. The molecule has 0 spiro atoms.